The summed E-state index contributed by atoms with van der Waals surface area (Å²) in [5, 5.41) is 8.95. The van der Waals surface area contributed by atoms with Crippen molar-refractivity contribution < 1.29 is 13.2 Å². The van der Waals surface area contributed by atoms with Crippen molar-refractivity contribution in [2.45, 2.75) is 26.0 Å². The van der Waals surface area contributed by atoms with E-state index in [0.29, 0.717) is 43.2 Å². The molecule has 0 atom stereocenters. The van der Waals surface area contributed by atoms with E-state index in [2.05, 4.69) is 18.6 Å². The smallest absolute Gasteiger partial charge is 0.215 e. The van der Waals surface area contributed by atoms with E-state index in [1.165, 1.54) is 0 Å². The Balaban J connectivity index is 2.39. The topological polar surface area (TPSA) is 79.2 Å². The Morgan fingerprint density at radius 3 is 2.71 bits per heavy atom. The first-order valence-electron chi connectivity index (χ1n) is 6.97. The van der Waals surface area contributed by atoms with Crippen LogP contribution in [-0.2, 0) is 20.5 Å². The molecular formula is C15H22N2O3S. The third kappa shape index (κ3) is 7.23. The molecule has 5 nitrogen and oxygen atoms in total. The normalized spacial score (nSPS) is 11.5. The van der Waals surface area contributed by atoms with Gasteiger partial charge in [-0.3, -0.25) is 0 Å². The number of nitrogens with one attached hydrogen (secondary N) is 1. The summed E-state index contributed by atoms with van der Waals surface area (Å²) in [4.78, 5) is 0. The molecule has 0 aliphatic rings. The summed E-state index contributed by atoms with van der Waals surface area (Å²) in [5.41, 5.74) is 0.909. The van der Waals surface area contributed by atoms with Crippen LogP contribution in [0.15, 0.2) is 24.3 Å². The van der Waals surface area contributed by atoms with E-state index < -0.39 is 10.0 Å². The van der Waals surface area contributed by atoms with E-state index in [1.54, 1.807) is 24.3 Å². The first-order valence-corrected chi connectivity index (χ1v) is 8.63. The van der Waals surface area contributed by atoms with Crippen molar-refractivity contribution in [2.75, 3.05) is 19.8 Å². The molecule has 1 N–H and O–H groups in total. The highest BCUT2D eigenvalue weighted by molar-refractivity contribution is 7.88. The van der Waals surface area contributed by atoms with Crippen molar-refractivity contribution in [1.29, 1.82) is 5.26 Å². The van der Waals surface area contributed by atoms with Crippen molar-refractivity contribution in [3.63, 3.8) is 0 Å². The number of ether oxygens (including phenoxy) is 1. The van der Waals surface area contributed by atoms with Gasteiger partial charge in [0.15, 0.2) is 0 Å². The number of sulfonamides is 1. The molecule has 1 aromatic rings. The number of benzene rings is 1. The second kappa shape index (κ2) is 8.78. The summed E-state index contributed by atoms with van der Waals surface area (Å²) in [7, 11) is -3.43. The van der Waals surface area contributed by atoms with E-state index >= 15 is 0 Å². The van der Waals surface area contributed by atoms with Gasteiger partial charge in [0, 0.05) is 19.8 Å². The van der Waals surface area contributed by atoms with Gasteiger partial charge < -0.3 is 4.74 Å². The van der Waals surface area contributed by atoms with E-state index in [0.717, 1.165) is 0 Å². The van der Waals surface area contributed by atoms with Gasteiger partial charge in [0.2, 0.25) is 10.0 Å². The number of nitriles is 1. The molecule has 21 heavy (non-hydrogen) atoms. The summed E-state index contributed by atoms with van der Waals surface area (Å²) in [6, 6.07) is 8.72. The lowest BCUT2D eigenvalue weighted by molar-refractivity contribution is 0.108. The standard InChI is InChI=1S/C15H22N2O3S/c1-13(2)11-20-9-5-8-17-21(18,19)12-15-7-4-3-6-14(15)10-16/h3-4,6-7,13,17H,5,8-9,11-12H2,1-2H3. The highest BCUT2D eigenvalue weighted by Gasteiger charge is 2.13. The molecule has 116 valence electrons. The molecule has 0 unspecified atom stereocenters. The molecule has 0 radical (unpaired) electrons. The summed E-state index contributed by atoms with van der Waals surface area (Å²) in [5.74, 6) is 0.299. The first kappa shape index (κ1) is 17.6. The van der Waals surface area contributed by atoms with Gasteiger partial charge in [0.05, 0.1) is 17.4 Å². The van der Waals surface area contributed by atoms with Gasteiger partial charge in [0.1, 0.15) is 0 Å². The molecule has 0 heterocycles. The molecule has 1 rings (SSSR count). The molecule has 0 saturated carbocycles. The lowest BCUT2D eigenvalue weighted by Crippen LogP contribution is -2.27. The van der Waals surface area contributed by atoms with Gasteiger partial charge in [-0.25, -0.2) is 13.1 Å². The second-order valence-corrected chi connectivity index (χ2v) is 7.05. The van der Waals surface area contributed by atoms with Crippen LogP contribution in [0.3, 0.4) is 0 Å². The summed E-state index contributed by atoms with van der Waals surface area (Å²) in [6.45, 7) is 5.69. The fourth-order valence-corrected chi connectivity index (χ4v) is 2.95. The minimum absolute atomic E-state index is 0.177. The van der Waals surface area contributed by atoms with Crippen LogP contribution in [0.2, 0.25) is 0 Å². The van der Waals surface area contributed by atoms with Crippen molar-refractivity contribution in [2.24, 2.45) is 5.92 Å². The Kier molecular flexibility index (Phi) is 7.37. The SMILES string of the molecule is CC(C)COCCCNS(=O)(=O)Cc1ccccc1C#N. The third-order valence-corrected chi connectivity index (χ3v) is 4.06. The molecule has 0 saturated heterocycles. The van der Waals surface area contributed by atoms with E-state index in [1.807, 2.05) is 6.07 Å². The fraction of sp³-hybridized carbons (Fsp3) is 0.533. The Morgan fingerprint density at radius 1 is 1.33 bits per heavy atom. The van der Waals surface area contributed by atoms with Crippen LogP contribution in [0.25, 0.3) is 0 Å². The molecular weight excluding hydrogens is 288 g/mol. The predicted octanol–water partition coefficient (Wildman–Crippen LogP) is 2.04. The van der Waals surface area contributed by atoms with Crippen LogP contribution in [0.4, 0.5) is 0 Å². The van der Waals surface area contributed by atoms with E-state index in [-0.39, 0.29) is 5.75 Å². The quantitative estimate of drug-likeness (QED) is 0.708. The fourth-order valence-electron chi connectivity index (χ4n) is 1.73. The molecule has 0 aromatic heterocycles. The van der Waals surface area contributed by atoms with Crippen molar-refractivity contribution in [1.82, 2.24) is 4.72 Å². The molecule has 0 spiro atoms. The maximum Gasteiger partial charge on any atom is 0.215 e. The van der Waals surface area contributed by atoms with Crippen molar-refractivity contribution in [3.05, 3.63) is 35.4 Å². The predicted molar refractivity (Wildman–Crippen MR) is 82.1 cm³/mol. The summed E-state index contributed by atoms with van der Waals surface area (Å²) in [6.07, 6.45) is 0.631. The zero-order valence-electron chi connectivity index (χ0n) is 12.5. The monoisotopic (exact) mass is 310 g/mol. The van der Waals surface area contributed by atoms with Gasteiger partial charge in [-0.1, -0.05) is 32.0 Å². The van der Waals surface area contributed by atoms with Crippen LogP contribution >= 0.6 is 0 Å². The number of hydrogen-bond acceptors (Lipinski definition) is 4. The van der Waals surface area contributed by atoms with Crippen LogP contribution in [0, 0.1) is 17.2 Å². The van der Waals surface area contributed by atoms with Gasteiger partial charge in [-0.05, 0) is 24.0 Å². The van der Waals surface area contributed by atoms with Crippen LogP contribution in [0.5, 0.6) is 0 Å². The molecule has 0 fully saturated rings. The van der Waals surface area contributed by atoms with E-state index in [4.69, 9.17) is 10.00 Å². The summed E-state index contributed by atoms with van der Waals surface area (Å²) >= 11 is 0. The highest BCUT2D eigenvalue weighted by Crippen LogP contribution is 2.10. The van der Waals surface area contributed by atoms with Gasteiger partial charge in [0.25, 0.3) is 0 Å². The third-order valence-electron chi connectivity index (χ3n) is 2.72. The van der Waals surface area contributed by atoms with Gasteiger partial charge in [-0.2, -0.15) is 5.26 Å². The highest BCUT2D eigenvalue weighted by atomic mass is 32.2. The second-order valence-electron chi connectivity index (χ2n) is 5.24. The number of nitrogens with zero attached hydrogens (tertiary/aromatic N) is 1. The van der Waals surface area contributed by atoms with Crippen molar-refractivity contribution in [3.8, 4) is 6.07 Å². The minimum atomic E-state index is -3.43. The maximum atomic E-state index is 11.9. The van der Waals surface area contributed by atoms with Crippen LogP contribution in [0.1, 0.15) is 31.4 Å². The Hall–Kier alpha value is -1.42. The lowest BCUT2D eigenvalue weighted by atomic mass is 10.1. The van der Waals surface area contributed by atoms with Crippen LogP contribution in [-0.4, -0.2) is 28.2 Å². The molecule has 0 aliphatic carbocycles. The Morgan fingerprint density at radius 2 is 2.05 bits per heavy atom. The minimum Gasteiger partial charge on any atom is -0.381 e. The zero-order valence-corrected chi connectivity index (χ0v) is 13.3. The molecule has 6 heteroatoms. The molecule has 1 aromatic carbocycles. The lowest BCUT2D eigenvalue weighted by Gasteiger charge is -2.09. The Bertz CT molecular complexity index is 577. The molecule has 0 bridgehead atoms. The maximum absolute atomic E-state index is 11.9. The summed E-state index contributed by atoms with van der Waals surface area (Å²) < 4.78 is 31.8. The average Bonchev–Trinajstić information content (AvgIpc) is 2.42. The van der Waals surface area contributed by atoms with Gasteiger partial charge >= 0.3 is 0 Å². The molecule has 0 aliphatic heterocycles. The van der Waals surface area contributed by atoms with Crippen LogP contribution < -0.4 is 4.72 Å². The Labute approximate surface area is 127 Å². The van der Waals surface area contributed by atoms with E-state index in [9.17, 15) is 8.42 Å². The van der Waals surface area contributed by atoms with Gasteiger partial charge in [-0.15, -0.1) is 0 Å². The molecule has 0 amide bonds. The largest absolute Gasteiger partial charge is 0.381 e. The van der Waals surface area contributed by atoms with Crippen molar-refractivity contribution >= 4 is 10.0 Å². The number of hydrogen-bond donors (Lipinski definition) is 1. The first-order chi connectivity index (χ1) is 9.94. The average molecular weight is 310 g/mol. The zero-order chi connectivity index (χ0) is 15.7. The number of rotatable bonds is 9.